The summed E-state index contributed by atoms with van der Waals surface area (Å²) in [7, 11) is -1.66. The molecule has 0 atom stereocenters. The Bertz CT molecular complexity index is 1060. The van der Waals surface area contributed by atoms with Crippen LogP contribution in [0.25, 0.3) is 10.8 Å². The van der Waals surface area contributed by atoms with E-state index in [4.69, 9.17) is 0 Å². The van der Waals surface area contributed by atoms with Gasteiger partial charge < -0.3 is 10.4 Å². The molecule has 0 amide bonds. The number of aromatic amines is 1. The topological polar surface area (TPSA) is 78.0 Å². The van der Waals surface area contributed by atoms with Crippen molar-refractivity contribution in [3.63, 3.8) is 0 Å². The van der Waals surface area contributed by atoms with Gasteiger partial charge in [-0.25, -0.2) is 9.49 Å². The van der Waals surface area contributed by atoms with E-state index in [2.05, 4.69) is 15.5 Å². The SMILES string of the molecule is O=c1[nH]nc(Cc2ccc(F)c([P+]3(CCCO)CCNCC3)c2)c2ccccc12. The molecular weight excluding hydrogens is 388 g/mol. The minimum absolute atomic E-state index is 0.138. The molecule has 0 radical (unpaired) electrons. The van der Waals surface area contributed by atoms with Crippen LogP contribution in [-0.4, -0.2) is 53.5 Å². The second-order valence-corrected chi connectivity index (χ2v) is 11.8. The summed E-state index contributed by atoms with van der Waals surface area (Å²) in [4.78, 5) is 12.0. The van der Waals surface area contributed by atoms with Crippen molar-refractivity contribution in [3.8, 4) is 0 Å². The van der Waals surface area contributed by atoms with Crippen molar-refractivity contribution in [3.05, 3.63) is 69.9 Å². The number of hydrogen-bond donors (Lipinski definition) is 3. The molecule has 4 rings (SSSR count). The molecule has 152 valence electrons. The number of aliphatic hydroxyl groups is 1. The predicted octanol–water partition coefficient (Wildman–Crippen LogP) is 2.28. The Labute approximate surface area is 169 Å². The highest BCUT2D eigenvalue weighted by Gasteiger charge is 2.43. The van der Waals surface area contributed by atoms with Gasteiger partial charge in [-0.05, 0) is 23.8 Å². The van der Waals surface area contributed by atoms with Crippen LogP contribution < -0.4 is 16.2 Å². The van der Waals surface area contributed by atoms with Crippen molar-refractivity contribution in [1.29, 1.82) is 0 Å². The smallest absolute Gasteiger partial charge is 0.272 e. The Balaban J connectivity index is 1.72. The standard InChI is InChI=1S/C22H25FN3O2P/c23-19-7-6-16(14-20-17-4-1-2-5-18(17)22(28)26-25-20)15-21(19)29(11-3-10-27)12-8-24-9-13-29/h1-2,4-7,15,24,27H,3,8-14H2/p+1. The second-order valence-electron chi connectivity index (χ2n) is 7.65. The van der Waals surface area contributed by atoms with E-state index in [1.807, 2.05) is 30.3 Å². The highest BCUT2D eigenvalue weighted by molar-refractivity contribution is 7.83. The minimum Gasteiger partial charge on any atom is -0.396 e. The molecule has 2 aromatic carbocycles. The molecule has 1 aromatic heterocycles. The number of nitrogens with zero attached hydrogens (tertiary/aromatic N) is 1. The van der Waals surface area contributed by atoms with E-state index in [9.17, 15) is 14.3 Å². The van der Waals surface area contributed by atoms with Crippen LogP contribution in [-0.2, 0) is 6.42 Å². The highest BCUT2D eigenvalue weighted by Crippen LogP contribution is 2.58. The molecule has 1 aliphatic heterocycles. The van der Waals surface area contributed by atoms with Gasteiger partial charge in [-0.3, -0.25) is 4.79 Å². The van der Waals surface area contributed by atoms with Crippen LogP contribution in [0.4, 0.5) is 4.39 Å². The average molecular weight is 414 g/mol. The van der Waals surface area contributed by atoms with E-state index in [0.29, 0.717) is 18.2 Å². The van der Waals surface area contributed by atoms with Crippen LogP contribution >= 0.6 is 7.26 Å². The van der Waals surface area contributed by atoms with Crippen molar-refractivity contribution >= 4 is 23.3 Å². The maximum absolute atomic E-state index is 15.0. The monoisotopic (exact) mass is 414 g/mol. The summed E-state index contributed by atoms with van der Waals surface area (Å²) in [6, 6.07) is 12.8. The third-order valence-electron chi connectivity index (χ3n) is 5.85. The van der Waals surface area contributed by atoms with E-state index in [1.165, 1.54) is 0 Å². The van der Waals surface area contributed by atoms with Gasteiger partial charge >= 0.3 is 0 Å². The van der Waals surface area contributed by atoms with Gasteiger partial charge in [0.2, 0.25) is 0 Å². The van der Waals surface area contributed by atoms with Crippen LogP contribution in [0.2, 0.25) is 0 Å². The van der Waals surface area contributed by atoms with Crippen LogP contribution in [0, 0.1) is 5.82 Å². The van der Waals surface area contributed by atoms with Crippen molar-refractivity contribution in [2.75, 3.05) is 38.2 Å². The Morgan fingerprint density at radius 1 is 1.10 bits per heavy atom. The summed E-state index contributed by atoms with van der Waals surface area (Å²) < 4.78 is 15.0. The van der Waals surface area contributed by atoms with E-state index in [1.54, 1.807) is 12.1 Å². The molecule has 0 unspecified atom stereocenters. The molecule has 3 aromatic rings. The van der Waals surface area contributed by atoms with Crippen LogP contribution in [0.5, 0.6) is 0 Å². The molecule has 1 aliphatic rings. The molecule has 0 aliphatic carbocycles. The molecule has 1 saturated heterocycles. The fourth-order valence-electron chi connectivity index (χ4n) is 4.31. The van der Waals surface area contributed by atoms with Gasteiger partial charge in [0.05, 0.1) is 36.8 Å². The third kappa shape index (κ3) is 4.11. The van der Waals surface area contributed by atoms with Gasteiger partial charge in [0.15, 0.2) is 5.82 Å². The first-order valence-electron chi connectivity index (χ1n) is 10.1. The molecule has 1 fully saturated rings. The lowest BCUT2D eigenvalue weighted by molar-refractivity contribution is 0.295. The number of nitrogens with one attached hydrogen (secondary N) is 2. The first-order chi connectivity index (χ1) is 14.1. The summed E-state index contributed by atoms with van der Waals surface area (Å²) in [5.41, 5.74) is 1.58. The fourth-order valence-corrected chi connectivity index (χ4v) is 8.59. The average Bonchev–Trinajstić information content (AvgIpc) is 2.76. The van der Waals surface area contributed by atoms with Crippen LogP contribution in [0.1, 0.15) is 17.7 Å². The molecular formula is C22H26FN3O2P+. The van der Waals surface area contributed by atoms with Gasteiger partial charge in [-0.15, -0.1) is 0 Å². The number of aromatic nitrogens is 2. The molecule has 0 bridgehead atoms. The predicted molar refractivity (Wildman–Crippen MR) is 117 cm³/mol. The number of benzene rings is 2. The van der Waals surface area contributed by atoms with Gasteiger partial charge in [-0.1, -0.05) is 24.3 Å². The minimum atomic E-state index is -1.66. The zero-order chi connectivity index (χ0) is 20.3. The van der Waals surface area contributed by atoms with Gasteiger partial charge in [-0.2, -0.15) is 5.10 Å². The van der Waals surface area contributed by atoms with E-state index in [-0.39, 0.29) is 18.0 Å². The third-order valence-corrected chi connectivity index (χ3v) is 10.5. The molecule has 7 heteroatoms. The largest absolute Gasteiger partial charge is 0.396 e. The molecule has 29 heavy (non-hydrogen) atoms. The van der Waals surface area contributed by atoms with Crippen LogP contribution in [0.3, 0.4) is 0 Å². The zero-order valence-electron chi connectivity index (χ0n) is 16.3. The van der Waals surface area contributed by atoms with Crippen molar-refractivity contribution in [1.82, 2.24) is 15.5 Å². The Kier molecular flexibility index (Phi) is 6.04. The summed E-state index contributed by atoms with van der Waals surface area (Å²) in [5, 5.41) is 21.9. The first kappa shape index (κ1) is 20.1. The number of rotatable bonds is 6. The lowest BCUT2D eigenvalue weighted by Gasteiger charge is -2.31. The van der Waals surface area contributed by atoms with Gasteiger partial charge in [0.25, 0.3) is 5.56 Å². The summed E-state index contributed by atoms with van der Waals surface area (Å²) in [5.74, 6) is -0.138. The van der Waals surface area contributed by atoms with Crippen molar-refractivity contribution in [2.24, 2.45) is 0 Å². The summed E-state index contributed by atoms with van der Waals surface area (Å²) in [6.45, 7) is 1.94. The second kappa shape index (κ2) is 8.70. The first-order valence-corrected chi connectivity index (χ1v) is 12.4. The quantitative estimate of drug-likeness (QED) is 0.541. The Morgan fingerprint density at radius 2 is 1.86 bits per heavy atom. The number of aliphatic hydroxyl groups excluding tert-OH is 1. The fraction of sp³-hybridized carbons (Fsp3) is 0.364. The zero-order valence-corrected chi connectivity index (χ0v) is 17.2. The van der Waals surface area contributed by atoms with E-state index >= 15 is 0 Å². The van der Waals surface area contributed by atoms with Crippen molar-refractivity contribution in [2.45, 2.75) is 12.8 Å². The number of H-pyrrole nitrogens is 1. The normalized spacial score (nSPS) is 16.2. The van der Waals surface area contributed by atoms with E-state index in [0.717, 1.165) is 53.5 Å². The maximum atomic E-state index is 15.0. The number of halogens is 1. The van der Waals surface area contributed by atoms with Crippen LogP contribution in [0.15, 0.2) is 47.3 Å². The molecule has 3 N–H and O–H groups in total. The molecule has 0 saturated carbocycles. The Morgan fingerprint density at radius 3 is 2.62 bits per heavy atom. The summed E-state index contributed by atoms with van der Waals surface area (Å²) in [6.07, 6.45) is 4.05. The summed E-state index contributed by atoms with van der Waals surface area (Å²) >= 11 is 0. The highest BCUT2D eigenvalue weighted by atomic mass is 31.2. The maximum Gasteiger partial charge on any atom is 0.272 e. The number of fused-ring (bicyclic) bond motifs is 1. The lowest BCUT2D eigenvalue weighted by atomic mass is 10.0. The Hall–Kier alpha value is -2.14. The van der Waals surface area contributed by atoms with Gasteiger partial charge in [0.1, 0.15) is 5.30 Å². The number of hydrogen-bond acceptors (Lipinski definition) is 4. The van der Waals surface area contributed by atoms with Gasteiger partial charge in [0, 0.05) is 37.9 Å². The molecule has 0 spiro atoms. The van der Waals surface area contributed by atoms with E-state index < -0.39 is 7.26 Å². The lowest BCUT2D eigenvalue weighted by Crippen LogP contribution is -2.38. The van der Waals surface area contributed by atoms with Crippen molar-refractivity contribution < 1.29 is 9.50 Å². The molecule has 5 nitrogen and oxygen atoms in total. The molecule has 2 heterocycles.